The number of methoxy groups -OCH3 is 1. The largest absolute Gasteiger partial charge is 0.497 e. The van der Waals surface area contributed by atoms with Crippen LogP contribution in [0.1, 0.15) is 12.5 Å². The average Bonchev–Trinajstić information content (AvgIpc) is 3.12. The summed E-state index contributed by atoms with van der Waals surface area (Å²) < 4.78 is 15.7. The molecule has 0 unspecified atom stereocenters. The number of benzene rings is 2. The molecule has 0 saturated heterocycles. The van der Waals surface area contributed by atoms with Crippen molar-refractivity contribution < 1.29 is 19.0 Å². The number of hydrogen-bond donors (Lipinski definition) is 2. The van der Waals surface area contributed by atoms with Crippen LogP contribution in [0.5, 0.6) is 17.2 Å². The van der Waals surface area contributed by atoms with E-state index in [9.17, 15) is 4.79 Å². The van der Waals surface area contributed by atoms with Gasteiger partial charge in [-0.2, -0.15) is 5.10 Å². The lowest BCUT2D eigenvalue weighted by atomic mass is 10.1. The van der Waals surface area contributed by atoms with Crippen LogP contribution in [-0.2, 0) is 4.79 Å². The highest BCUT2D eigenvalue weighted by Crippen LogP contribution is 2.32. The van der Waals surface area contributed by atoms with E-state index in [0.717, 1.165) is 17.0 Å². The Kier molecular flexibility index (Phi) is 5.03. The van der Waals surface area contributed by atoms with Crippen molar-refractivity contribution in [1.82, 2.24) is 5.43 Å². The Hall–Kier alpha value is -3.22. The number of rotatable bonds is 6. The predicted molar refractivity (Wildman–Crippen MR) is 94.4 cm³/mol. The van der Waals surface area contributed by atoms with Crippen LogP contribution in [0, 0.1) is 0 Å². The Morgan fingerprint density at radius 3 is 2.68 bits per heavy atom. The molecule has 1 amide bonds. The molecule has 1 aliphatic rings. The summed E-state index contributed by atoms with van der Waals surface area (Å²) in [4.78, 5) is 11.9. The van der Waals surface area contributed by atoms with Crippen molar-refractivity contribution in [3.63, 3.8) is 0 Å². The van der Waals surface area contributed by atoms with Crippen LogP contribution in [0.15, 0.2) is 47.6 Å². The fourth-order valence-corrected chi connectivity index (χ4v) is 2.26. The summed E-state index contributed by atoms with van der Waals surface area (Å²) in [7, 11) is 1.61. The highest BCUT2D eigenvalue weighted by Gasteiger charge is 2.14. The number of nitrogens with one attached hydrogen (secondary N) is 2. The second-order valence-corrected chi connectivity index (χ2v) is 5.38. The molecule has 0 fully saturated rings. The monoisotopic (exact) mass is 341 g/mol. The van der Waals surface area contributed by atoms with Crippen molar-refractivity contribution in [3.05, 3.63) is 48.0 Å². The molecule has 0 atom stereocenters. The summed E-state index contributed by atoms with van der Waals surface area (Å²) in [6, 6.07) is 12.9. The maximum Gasteiger partial charge on any atom is 0.259 e. The molecule has 1 heterocycles. The Labute approximate surface area is 145 Å². The number of carbonyl (C=O) groups is 1. The van der Waals surface area contributed by atoms with Gasteiger partial charge >= 0.3 is 0 Å². The fraction of sp³-hybridized carbons (Fsp3) is 0.222. The Bertz CT molecular complexity index is 787. The molecular weight excluding hydrogens is 322 g/mol. The van der Waals surface area contributed by atoms with Gasteiger partial charge in [-0.3, -0.25) is 4.79 Å². The molecule has 2 aromatic carbocycles. The molecule has 130 valence electrons. The third kappa shape index (κ3) is 4.20. The van der Waals surface area contributed by atoms with Crippen LogP contribution in [0.4, 0.5) is 5.69 Å². The minimum absolute atomic E-state index is 0.115. The zero-order chi connectivity index (χ0) is 17.6. The smallest absolute Gasteiger partial charge is 0.259 e. The molecule has 0 aromatic heterocycles. The van der Waals surface area contributed by atoms with E-state index in [2.05, 4.69) is 15.8 Å². The van der Waals surface area contributed by atoms with Crippen LogP contribution >= 0.6 is 0 Å². The normalized spacial score (nSPS) is 12.6. The molecule has 25 heavy (non-hydrogen) atoms. The zero-order valence-electron chi connectivity index (χ0n) is 14.0. The third-order valence-electron chi connectivity index (χ3n) is 3.68. The van der Waals surface area contributed by atoms with Gasteiger partial charge in [0.1, 0.15) is 5.75 Å². The minimum atomic E-state index is -0.240. The van der Waals surface area contributed by atoms with Crippen molar-refractivity contribution in [2.24, 2.45) is 5.10 Å². The quantitative estimate of drug-likeness (QED) is 0.623. The van der Waals surface area contributed by atoms with Gasteiger partial charge in [0.15, 0.2) is 11.5 Å². The molecule has 0 aliphatic carbocycles. The third-order valence-corrected chi connectivity index (χ3v) is 3.68. The number of amides is 1. The molecule has 0 saturated carbocycles. The molecular formula is C18H19N3O4. The summed E-state index contributed by atoms with van der Waals surface area (Å²) in [5.74, 6) is 1.92. The summed E-state index contributed by atoms with van der Waals surface area (Å²) in [5, 5.41) is 7.14. The number of ether oxygens (including phenoxy) is 3. The van der Waals surface area contributed by atoms with E-state index in [-0.39, 0.29) is 19.2 Å². The second-order valence-electron chi connectivity index (χ2n) is 5.38. The topological polar surface area (TPSA) is 81.2 Å². The van der Waals surface area contributed by atoms with E-state index < -0.39 is 0 Å². The molecule has 0 radical (unpaired) electrons. The number of hydrogen-bond acceptors (Lipinski definition) is 6. The SMILES string of the molecule is COc1ccc(NCC(=O)N/N=C(\C)c2ccc3c(c2)OCO3)cc1. The van der Waals surface area contributed by atoms with Gasteiger partial charge in [-0.1, -0.05) is 0 Å². The first-order chi connectivity index (χ1) is 12.2. The molecule has 7 nitrogen and oxygen atoms in total. The van der Waals surface area contributed by atoms with E-state index in [4.69, 9.17) is 14.2 Å². The van der Waals surface area contributed by atoms with Crippen molar-refractivity contribution in [1.29, 1.82) is 0 Å². The Balaban J connectivity index is 1.52. The van der Waals surface area contributed by atoms with Crippen molar-refractivity contribution in [2.75, 3.05) is 25.8 Å². The first-order valence-corrected chi connectivity index (χ1v) is 7.77. The van der Waals surface area contributed by atoms with Gasteiger partial charge < -0.3 is 19.5 Å². The number of anilines is 1. The van der Waals surface area contributed by atoms with E-state index in [0.29, 0.717) is 17.2 Å². The molecule has 2 N–H and O–H groups in total. The molecule has 1 aliphatic heterocycles. The summed E-state index contributed by atoms with van der Waals surface area (Å²) >= 11 is 0. The number of carbonyl (C=O) groups excluding carboxylic acids is 1. The average molecular weight is 341 g/mol. The lowest BCUT2D eigenvalue weighted by molar-refractivity contribution is -0.119. The van der Waals surface area contributed by atoms with Crippen molar-refractivity contribution >= 4 is 17.3 Å². The number of hydrazone groups is 1. The van der Waals surface area contributed by atoms with E-state index >= 15 is 0 Å². The van der Waals surface area contributed by atoms with E-state index in [1.54, 1.807) is 7.11 Å². The van der Waals surface area contributed by atoms with Crippen molar-refractivity contribution in [2.45, 2.75) is 6.92 Å². The highest BCUT2D eigenvalue weighted by molar-refractivity contribution is 6.00. The van der Waals surface area contributed by atoms with Crippen LogP contribution in [-0.4, -0.2) is 32.1 Å². The molecule has 0 spiro atoms. The molecule has 2 aromatic rings. The summed E-state index contributed by atoms with van der Waals surface area (Å²) in [5.41, 5.74) is 4.89. The standard InChI is InChI=1S/C18H19N3O4/c1-12(13-3-8-16-17(9-13)25-11-24-16)20-21-18(22)10-19-14-4-6-15(23-2)7-5-14/h3-9,19H,10-11H2,1-2H3,(H,21,22)/b20-12+. The predicted octanol–water partition coefficient (Wildman–Crippen LogP) is 2.38. The highest BCUT2D eigenvalue weighted by atomic mass is 16.7. The number of nitrogens with zero attached hydrogens (tertiary/aromatic N) is 1. The molecule has 3 rings (SSSR count). The maximum atomic E-state index is 11.9. The maximum absolute atomic E-state index is 11.9. The van der Waals surface area contributed by atoms with Gasteiger partial charge in [-0.25, -0.2) is 5.43 Å². The van der Waals surface area contributed by atoms with Gasteiger partial charge in [0.25, 0.3) is 5.91 Å². The van der Waals surface area contributed by atoms with Gasteiger partial charge in [-0.05, 0) is 49.4 Å². The van der Waals surface area contributed by atoms with Crippen LogP contribution in [0.3, 0.4) is 0 Å². The Morgan fingerprint density at radius 1 is 1.16 bits per heavy atom. The Morgan fingerprint density at radius 2 is 1.92 bits per heavy atom. The van der Waals surface area contributed by atoms with Crippen LogP contribution in [0.2, 0.25) is 0 Å². The molecule has 7 heteroatoms. The van der Waals surface area contributed by atoms with Gasteiger partial charge in [0.05, 0.1) is 19.4 Å². The van der Waals surface area contributed by atoms with Crippen LogP contribution in [0.25, 0.3) is 0 Å². The van der Waals surface area contributed by atoms with Gasteiger partial charge in [0, 0.05) is 11.3 Å². The van der Waals surface area contributed by atoms with Crippen molar-refractivity contribution in [3.8, 4) is 17.2 Å². The first-order valence-electron chi connectivity index (χ1n) is 7.77. The van der Waals surface area contributed by atoms with E-state index in [1.807, 2.05) is 49.4 Å². The summed E-state index contributed by atoms with van der Waals surface area (Å²) in [6.07, 6.45) is 0. The first kappa shape index (κ1) is 16.6. The summed E-state index contributed by atoms with van der Waals surface area (Å²) in [6.45, 7) is 2.15. The van der Waals surface area contributed by atoms with E-state index in [1.165, 1.54) is 0 Å². The lowest BCUT2D eigenvalue weighted by Gasteiger charge is -2.07. The minimum Gasteiger partial charge on any atom is -0.497 e. The van der Waals surface area contributed by atoms with Gasteiger partial charge in [0.2, 0.25) is 6.79 Å². The van der Waals surface area contributed by atoms with Crippen LogP contribution < -0.4 is 25.0 Å². The zero-order valence-corrected chi connectivity index (χ0v) is 14.0. The fourth-order valence-electron chi connectivity index (χ4n) is 2.26. The molecule has 0 bridgehead atoms. The second kappa shape index (κ2) is 7.57. The van der Waals surface area contributed by atoms with Gasteiger partial charge in [-0.15, -0.1) is 0 Å². The lowest BCUT2D eigenvalue weighted by Crippen LogP contribution is -2.26. The number of fused-ring (bicyclic) bond motifs is 1.